The van der Waals surface area contributed by atoms with Gasteiger partial charge in [-0.2, -0.15) is 9.57 Å². The van der Waals surface area contributed by atoms with Crippen molar-refractivity contribution in [1.29, 1.82) is 5.26 Å². The molecule has 0 aliphatic carbocycles. The predicted octanol–water partition coefficient (Wildman–Crippen LogP) is 2.79. The molecule has 0 atom stereocenters. The molecular weight excluding hydrogens is 340 g/mol. The SMILES string of the molecule is CCOc1ccc(S(=O)(=O)N(CCC#N)CCOC)c2ccccc12. The van der Waals surface area contributed by atoms with E-state index in [1.807, 2.05) is 25.1 Å². The molecule has 0 aliphatic heterocycles. The summed E-state index contributed by atoms with van der Waals surface area (Å²) in [5.74, 6) is 0.650. The Morgan fingerprint density at radius 3 is 2.48 bits per heavy atom. The second-order valence-corrected chi connectivity index (χ2v) is 7.25. The highest BCUT2D eigenvalue weighted by molar-refractivity contribution is 7.89. The maximum Gasteiger partial charge on any atom is 0.243 e. The number of nitriles is 1. The fraction of sp³-hybridized carbons (Fsp3) is 0.389. The van der Waals surface area contributed by atoms with E-state index in [1.165, 1.54) is 11.4 Å². The quantitative estimate of drug-likeness (QED) is 0.685. The first-order chi connectivity index (χ1) is 12.1. The summed E-state index contributed by atoms with van der Waals surface area (Å²) >= 11 is 0. The fourth-order valence-corrected chi connectivity index (χ4v) is 4.23. The van der Waals surface area contributed by atoms with Crippen LogP contribution in [0.1, 0.15) is 13.3 Å². The van der Waals surface area contributed by atoms with E-state index < -0.39 is 10.0 Å². The molecule has 0 saturated carbocycles. The van der Waals surface area contributed by atoms with Gasteiger partial charge in [-0.25, -0.2) is 8.42 Å². The molecular formula is C18H22N2O4S. The number of ether oxygens (including phenoxy) is 2. The summed E-state index contributed by atoms with van der Waals surface area (Å²) in [5, 5.41) is 10.2. The number of benzene rings is 2. The van der Waals surface area contributed by atoms with Crippen LogP contribution in [0.5, 0.6) is 5.75 Å². The Morgan fingerprint density at radius 2 is 1.84 bits per heavy atom. The van der Waals surface area contributed by atoms with Crippen LogP contribution in [0.4, 0.5) is 0 Å². The van der Waals surface area contributed by atoms with E-state index >= 15 is 0 Å². The Balaban J connectivity index is 2.54. The number of methoxy groups -OCH3 is 1. The lowest BCUT2D eigenvalue weighted by molar-refractivity contribution is 0.179. The molecule has 0 heterocycles. The third-order valence-corrected chi connectivity index (χ3v) is 5.74. The standard InChI is InChI=1S/C18H22N2O4S/c1-3-24-17-9-10-18(16-8-5-4-7-15(16)17)25(21,22)20(12-6-11-19)13-14-23-2/h4-5,7-10H,3,6,12-14H2,1-2H3. The molecule has 7 heteroatoms. The van der Waals surface area contributed by atoms with E-state index in [9.17, 15) is 8.42 Å². The molecule has 25 heavy (non-hydrogen) atoms. The van der Waals surface area contributed by atoms with Gasteiger partial charge >= 0.3 is 0 Å². The number of hydrogen-bond donors (Lipinski definition) is 0. The van der Waals surface area contributed by atoms with Gasteiger partial charge in [0.15, 0.2) is 0 Å². The van der Waals surface area contributed by atoms with Crippen LogP contribution in [-0.2, 0) is 14.8 Å². The van der Waals surface area contributed by atoms with Gasteiger partial charge in [-0.1, -0.05) is 24.3 Å². The zero-order chi connectivity index (χ0) is 18.3. The molecule has 0 radical (unpaired) electrons. The van der Waals surface area contributed by atoms with Crippen molar-refractivity contribution in [2.75, 3.05) is 33.4 Å². The van der Waals surface area contributed by atoms with Crippen LogP contribution in [0, 0.1) is 11.3 Å². The highest BCUT2D eigenvalue weighted by Crippen LogP contribution is 2.32. The van der Waals surface area contributed by atoms with Gasteiger partial charge in [0.05, 0.1) is 24.2 Å². The summed E-state index contributed by atoms with van der Waals surface area (Å²) in [6.07, 6.45) is 0.123. The lowest BCUT2D eigenvalue weighted by Gasteiger charge is -2.22. The van der Waals surface area contributed by atoms with Crippen molar-refractivity contribution in [3.8, 4) is 11.8 Å². The molecule has 0 spiro atoms. The summed E-state index contributed by atoms with van der Waals surface area (Å²) in [7, 11) is -2.24. The first-order valence-electron chi connectivity index (χ1n) is 8.06. The summed E-state index contributed by atoms with van der Waals surface area (Å²) in [5.41, 5.74) is 0. The van der Waals surface area contributed by atoms with Gasteiger partial charge in [-0.3, -0.25) is 0 Å². The third-order valence-electron chi connectivity index (χ3n) is 3.78. The topological polar surface area (TPSA) is 79.6 Å². The molecule has 0 amide bonds. The number of nitrogens with zero attached hydrogens (tertiary/aromatic N) is 2. The van der Waals surface area contributed by atoms with Crippen LogP contribution in [-0.4, -0.2) is 46.1 Å². The van der Waals surface area contributed by atoms with E-state index in [-0.39, 0.29) is 31.0 Å². The molecule has 0 aromatic heterocycles. The molecule has 0 unspecified atom stereocenters. The third kappa shape index (κ3) is 4.28. The van der Waals surface area contributed by atoms with Crippen LogP contribution in [0.25, 0.3) is 10.8 Å². The van der Waals surface area contributed by atoms with E-state index in [0.717, 1.165) is 5.39 Å². The summed E-state index contributed by atoms with van der Waals surface area (Å²) in [4.78, 5) is 0.209. The summed E-state index contributed by atoms with van der Waals surface area (Å²) in [6.45, 7) is 2.97. The van der Waals surface area contributed by atoms with Gasteiger partial charge in [0.2, 0.25) is 10.0 Å². The van der Waals surface area contributed by atoms with E-state index in [2.05, 4.69) is 0 Å². The molecule has 2 aromatic carbocycles. The van der Waals surface area contributed by atoms with Crippen molar-refractivity contribution in [3.05, 3.63) is 36.4 Å². The maximum absolute atomic E-state index is 13.1. The van der Waals surface area contributed by atoms with Crippen LogP contribution in [0.15, 0.2) is 41.3 Å². The molecule has 6 nitrogen and oxygen atoms in total. The first kappa shape index (κ1) is 19.2. The van der Waals surface area contributed by atoms with E-state index in [1.54, 1.807) is 24.3 Å². The van der Waals surface area contributed by atoms with Gasteiger partial charge in [-0.05, 0) is 19.1 Å². The Hall–Kier alpha value is -2.14. The maximum atomic E-state index is 13.1. The number of rotatable bonds is 9. The smallest absolute Gasteiger partial charge is 0.243 e. The Kier molecular flexibility index (Phi) is 6.76. The Labute approximate surface area is 148 Å². The Bertz CT molecular complexity index is 859. The monoisotopic (exact) mass is 362 g/mol. The van der Waals surface area contributed by atoms with Gasteiger partial charge in [0.25, 0.3) is 0 Å². The molecule has 0 fully saturated rings. The van der Waals surface area contributed by atoms with Crippen molar-refractivity contribution in [2.45, 2.75) is 18.2 Å². The number of sulfonamides is 1. The van der Waals surface area contributed by atoms with Crippen molar-refractivity contribution < 1.29 is 17.9 Å². The minimum atomic E-state index is -3.76. The lowest BCUT2D eigenvalue weighted by atomic mass is 10.1. The van der Waals surface area contributed by atoms with E-state index in [4.69, 9.17) is 14.7 Å². The molecule has 0 N–H and O–H groups in total. The minimum absolute atomic E-state index is 0.123. The van der Waals surface area contributed by atoms with Crippen molar-refractivity contribution in [1.82, 2.24) is 4.31 Å². The lowest BCUT2D eigenvalue weighted by Crippen LogP contribution is -2.34. The highest BCUT2D eigenvalue weighted by atomic mass is 32.2. The van der Waals surface area contributed by atoms with Crippen LogP contribution < -0.4 is 4.74 Å². The van der Waals surface area contributed by atoms with Gasteiger partial charge in [-0.15, -0.1) is 0 Å². The molecule has 2 rings (SSSR count). The summed E-state index contributed by atoms with van der Waals surface area (Å²) < 4.78 is 38.2. The van der Waals surface area contributed by atoms with Crippen molar-refractivity contribution in [3.63, 3.8) is 0 Å². The molecule has 0 saturated heterocycles. The van der Waals surface area contributed by atoms with Crippen molar-refractivity contribution in [2.24, 2.45) is 0 Å². The number of hydrogen-bond acceptors (Lipinski definition) is 5. The molecule has 0 bridgehead atoms. The highest BCUT2D eigenvalue weighted by Gasteiger charge is 2.26. The Morgan fingerprint density at radius 1 is 1.12 bits per heavy atom. The van der Waals surface area contributed by atoms with Gasteiger partial charge < -0.3 is 9.47 Å². The minimum Gasteiger partial charge on any atom is -0.493 e. The largest absolute Gasteiger partial charge is 0.493 e. The predicted molar refractivity (Wildman–Crippen MR) is 96.0 cm³/mol. The normalized spacial score (nSPS) is 11.6. The van der Waals surface area contributed by atoms with Gasteiger partial charge in [0.1, 0.15) is 5.75 Å². The second-order valence-electron chi connectivity index (χ2n) is 5.35. The van der Waals surface area contributed by atoms with Gasteiger partial charge in [0, 0.05) is 37.4 Å². The van der Waals surface area contributed by atoms with Crippen molar-refractivity contribution >= 4 is 20.8 Å². The summed E-state index contributed by atoms with van der Waals surface area (Å²) in [6, 6.07) is 12.5. The van der Waals surface area contributed by atoms with Crippen LogP contribution in [0.2, 0.25) is 0 Å². The molecule has 134 valence electrons. The molecule has 0 aliphatic rings. The van der Waals surface area contributed by atoms with Crippen LogP contribution in [0.3, 0.4) is 0 Å². The molecule has 2 aromatic rings. The average molecular weight is 362 g/mol. The first-order valence-corrected chi connectivity index (χ1v) is 9.50. The van der Waals surface area contributed by atoms with Crippen LogP contribution >= 0.6 is 0 Å². The number of fused-ring (bicyclic) bond motifs is 1. The fourth-order valence-electron chi connectivity index (χ4n) is 2.61. The zero-order valence-corrected chi connectivity index (χ0v) is 15.3. The second kappa shape index (κ2) is 8.81. The van der Waals surface area contributed by atoms with E-state index in [0.29, 0.717) is 17.7 Å². The zero-order valence-electron chi connectivity index (χ0n) is 14.4. The average Bonchev–Trinajstić information content (AvgIpc) is 2.62.